The number of aliphatic carboxylic acids is 1. The van der Waals surface area contributed by atoms with Gasteiger partial charge in [0.1, 0.15) is 0 Å². The third-order valence-electron chi connectivity index (χ3n) is 8.02. The average Bonchev–Trinajstić information content (AvgIpc) is 3.66. The van der Waals surface area contributed by atoms with Crippen molar-refractivity contribution in [3.8, 4) is 0 Å². The summed E-state index contributed by atoms with van der Waals surface area (Å²) in [7, 11) is -3.56. The van der Waals surface area contributed by atoms with Gasteiger partial charge in [-0.1, -0.05) is 54.4 Å². The van der Waals surface area contributed by atoms with E-state index in [4.69, 9.17) is 23.2 Å². The van der Waals surface area contributed by atoms with Crippen LogP contribution in [0.25, 0.3) is 0 Å². The maximum Gasteiger partial charge on any atom is 0.304 e. The molecule has 212 valence electrons. The summed E-state index contributed by atoms with van der Waals surface area (Å²) in [5.41, 5.74) is 0.564. The topological polar surface area (TPSA) is 95.0 Å². The molecule has 1 saturated heterocycles. The smallest absolute Gasteiger partial charge is 0.304 e. The molecule has 1 saturated carbocycles. The van der Waals surface area contributed by atoms with Crippen LogP contribution in [-0.2, 0) is 19.6 Å². The predicted molar refractivity (Wildman–Crippen MR) is 153 cm³/mol. The molecular formula is C29H36Cl2N2O5S. The molecule has 4 rings (SSSR count). The molecule has 7 nitrogen and oxygen atoms in total. The summed E-state index contributed by atoms with van der Waals surface area (Å²) in [6.45, 7) is 5.50. The molecular weight excluding hydrogens is 559 g/mol. The summed E-state index contributed by atoms with van der Waals surface area (Å²) in [5, 5.41) is 10.9. The fourth-order valence-electron chi connectivity index (χ4n) is 6.10. The van der Waals surface area contributed by atoms with Gasteiger partial charge in [-0.3, -0.25) is 9.59 Å². The van der Waals surface area contributed by atoms with Crippen LogP contribution >= 0.6 is 23.2 Å². The molecule has 39 heavy (non-hydrogen) atoms. The van der Waals surface area contributed by atoms with Crippen LogP contribution < -0.4 is 0 Å². The molecule has 2 fully saturated rings. The second-order valence-electron chi connectivity index (χ2n) is 11.5. The van der Waals surface area contributed by atoms with Crippen molar-refractivity contribution in [3.63, 3.8) is 0 Å². The largest absolute Gasteiger partial charge is 0.481 e. The molecule has 0 radical (unpaired) electrons. The number of carboxylic acids is 1. The van der Waals surface area contributed by atoms with Crippen LogP contribution in [-0.4, -0.2) is 59.5 Å². The summed E-state index contributed by atoms with van der Waals surface area (Å²) in [6.07, 6.45) is 2.91. The number of carboxylic acid groups (broad SMARTS) is 1. The summed E-state index contributed by atoms with van der Waals surface area (Å²) in [5.74, 6) is -1.49. The Kier molecular flexibility index (Phi) is 8.72. The zero-order valence-electron chi connectivity index (χ0n) is 22.7. The first-order valence-electron chi connectivity index (χ1n) is 13.2. The van der Waals surface area contributed by atoms with E-state index < -0.39 is 33.5 Å². The molecule has 2 aromatic rings. The number of benzene rings is 2. The minimum Gasteiger partial charge on any atom is -0.481 e. The Morgan fingerprint density at radius 2 is 1.74 bits per heavy atom. The molecule has 1 N–H and O–H groups in total. The van der Waals surface area contributed by atoms with E-state index in [0.29, 0.717) is 16.5 Å². The van der Waals surface area contributed by atoms with E-state index in [-0.39, 0.29) is 36.8 Å². The number of halogens is 2. The monoisotopic (exact) mass is 594 g/mol. The van der Waals surface area contributed by atoms with Gasteiger partial charge in [-0.25, -0.2) is 8.42 Å². The van der Waals surface area contributed by atoms with Gasteiger partial charge in [-0.15, -0.1) is 0 Å². The van der Waals surface area contributed by atoms with Crippen LogP contribution in [0.2, 0.25) is 10.0 Å². The Bertz CT molecular complexity index is 1330. The number of hydrogen-bond acceptors (Lipinski definition) is 4. The van der Waals surface area contributed by atoms with Crippen LogP contribution in [0.4, 0.5) is 0 Å². The molecule has 0 spiro atoms. The van der Waals surface area contributed by atoms with Crippen molar-refractivity contribution in [1.29, 1.82) is 0 Å². The van der Waals surface area contributed by atoms with Crippen LogP contribution in [0.15, 0.2) is 48.5 Å². The highest BCUT2D eigenvalue weighted by molar-refractivity contribution is 7.88. The van der Waals surface area contributed by atoms with Crippen LogP contribution in [0.1, 0.15) is 69.5 Å². The Hall–Kier alpha value is -2.13. The lowest BCUT2D eigenvalue weighted by atomic mass is 9.67. The minimum absolute atomic E-state index is 0.110. The van der Waals surface area contributed by atoms with Gasteiger partial charge in [0.15, 0.2) is 0 Å². The predicted octanol–water partition coefficient (Wildman–Crippen LogP) is 5.98. The van der Waals surface area contributed by atoms with Gasteiger partial charge in [0, 0.05) is 34.6 Å². The Balaban J connectivity index is 1.93. The van der Waals surface area contributed by atoms with Gasteiger partial charge in [-0.2, -0.15) is 4.31 Å². The van der Waals surface area contributed by atoms with E-state index in [1.807, 2.05) is 49.1 Å². The van der Waals surface area contributed by atoms with Gasteiger partial charge >= 0.3 is 5.97 Å². The number of amides is 1. The number of hydrogen-bond donors (Lipinski definition) is 1. The van der Waals surface area contributed by atoms with Crippen LogP contribution in [0.5, 0.6) is 0 Å². The van der Waals surface area contributed by atoms with Crippen molar-refractivity contribution in [2.45, 2.75) is 70.5 Å². The van der Waals surface area contributed by atoms with Gasteiger partial charge in [0.2, 0.25) is 15.9 Å². The first-order valence-corrected chi connectivity index (χ1v) is 15.8. The van der Waals surface area contributed by atoms with Gasteiger partial charge in [-0.05, 0) is 74.4 Å². The van der Waals surface area contributed by atoms with E-state index in [1.54, 1.807) is 25.1 Å². The Labute approximate surface area is 241 Å². The van der Waals surface area contributed by atoms with Crippen molar-refractivity contribution < 1.29 is 23.1 Å². The van der Waals surface area contributed by atoms with Crippen molar-refractivity contribution in [2.75, 3.05) is 12.8 Å². The van der Waals surface area contributed by atoms with Crippen molar-refractivity contribution in [2.24, 2.45) is 11.3 Å². The molecule has 1 aliphatic carbocycles. The second-order valence-corrected chi connectivity index (χ2v) is 14.3. The number of nitrogens with zero attached hydrogens (tertiary/aromatic N) is 2. The summed E-state index contributed by atoms with van der Waals surface area (Å²) >= 11 is 12.6. The first-order chi connectivity index (χ1) is 18.2. The van der Waals surface area contributed by atoms with E-state index in [1.165, 1.54) is 10.6 Å². The molecule has 1 amide bonds. The molecule has 2 aliphatic rings. The highest BCUT2D eigenvalue weighted by atomic mass is 35.5. The maximum atomic E-state index is 14.5. The lowest BCUT2D eigenvalue weighted by Crippen LogP contribution is -2.59. The van der Waals surface area contributed by atoms with E-state index in [0.717, 1.165) is 24.0 Å². The van der Waals surface area contributed by atoms with Crippen molar-refractivity contribution in [1.82, 2.24) is 9.21 Å². The summed E-state index contributed by atoms with van der Waals surface area (Å²) < 4.78 is 27.1. The van der Waals surface area contributed by atoms with E-state index >= 15 is 0 Å². The highest BCUT2D eigenvalue weighted by Crippen LogP contribution is 2.54. The molecule has 0 aromatic heterocycles. The van der Waals surface area contributed by atoms with Crippen LogP contribution in [0, 0.1) is 11.3 Å². The highest BCUT2D eigenvalue weighted by Gasteiger charge is 2.55. The fraction of sp³-hybridized carbons (Fsp3) is 0.517. The molecule has 0 unspecified atom stereocenters. The quantitative estimate of drug-likeness (QED) is 0.365. The number of likely N-dealkylation sites (tertiary alicyclic amines) is 1. The Morgan fingerprint density at radius 3 is 2.26 bits per heavy atom. The maximum absolute atomic E-state index is 14.5. The average molecular weight is 596 g/mol. The van der Waals surface area contributed by atoms with Gasteiger partial charge < -0.3 is 10.0 Å². The van der Waals surface area contributed by atoms with E-state index in [9.17, 15) is 23.1 Å². The van der Waals surface area contributed by atoms with Crippen molar-refractivity contribution in [3.05, 3.63) is 69.7 Å². The fourth-order valence-corrected chi connectivity index (χ4v) is 7.62. The van der Waals surface area contributed by atoms with Gasteiger partial charge in [0.05, 0.1) is 24.1 Å². The molecule has 1 heterocycles. The van der Waals surface area contributed by atoms with Gasteiger partial charge in [0.25, 0.3) is 0 Å². The minimum atomic E-state index is -3.56. The number of carbonyl (C=O) groups excluding carboxylic acids is 1. The summed E-state index contributed by atoms with van der Waals surface area (Å²) in [4.78, 5) is 28.3. The molecule has 0 bridgehead atoms. The third-order valence-corrected chi connectivity index (χ3v) is 9.93. The lowest BCUT2D eigenvalue weighted by molar-refractivity contribution is -0.161. The Morgan fingerprint density at radius 1 is 1.10 bits per heavy atom. The third kappa shape index (κ3) is 6.62. The molecule has 2 aromatic carbocycles. The number of carbonyl (C=O) groups is 2. The molecule has 1 aliphatic heterocycles. The normalized spacial score (nSPS) is 24.8. The zero-order valence-corrected chi connectivity index (χ0v) is 25.0. The lowest BCUT2D eigenvalue weighted by Gasteiger charge is -2.52. The number of rotatable bonds is 10. The summed E-state index contributed by atoms with van der Waals surface area (Å²) in [6, 6.07) is 13.6. The second kappa shape index (κ2) is 11.4. The van der Waals surface area contributed by atoms with E-state index in [2.05, 4.69) is 0 Å². The first kappa shape index (κ1) is 29.8. The van der Waals surface area contributed by atoms with Crippen molar-refractivity contribution >= 4 is 45.1 Å². The number of sulfonamides is 1. The van der Waals surface area contributed by atoms with Crippen LogP contribution in [0.3, 0.4) is 0 Å². The molecule has 10 heteroatoms. The SMILES string of the molecule is CC(C)N(C[C@H](C1CC1)N1C(=O)[C@](C)(CC(=O)O)C[C@H](c2cccc(Cl)c2)[C@H]1c1ccc(Cl)cc1)S(C)(=O)=O. The standard InChI is InChI=1S/C29H36Cl2N2O5S/c1-18(2)32(39(4,37)38)17-25(19-8-9-19)33-27(20-10-12-22(30)13-11-20)24(21-6-5-7-23(31)14-21)15-29(3,28(33)36)16-26(34)35/h5-7,10-14,18-19,24-25,27H,8-9,15-17H2,1-4H3,(H,34,35)/t24-,25-,27-,29+/m1/s1. The molecule has 4 atom stereocenters. The number of piperidine rings is 1. The zero-order chi connectivity index (χ0) is 28.7.